The second-order valence-corrected chi connectivity index (χ2v) is 23.3. The van der Waals surface area contributed by atoms with Gasteiger partial charge in [-0.3, -0.25) is 9.88 Å². The van der Waals surface area contributed by atoms with Gasteiger partial charge in [-0.05, 0) is 115 Å². The minimum absolute atomic E-state index is 0.125. The van der Waals surface area contributed by atoms with Crippen molar-refractivity contribution in [3.05, 3.63) is 186 Å². The first-order valence-electron chi connectivity index (χ1n) is 24.8. The monoisotopic (exact) mass is 933 g/mol. The molecule has 6 nitrogen and oxygen atoms in total. The first-order chi connectivity index (χ1) is 33.6. The van der Waals surface area contributed by atoms with Crippen LogP contribution in [-0.4, -0.2) is 20.1 Å². The summed E-state index contributed by atoms with van der Waals surface area (Å²) in [5, 5.41) is 16.7. The van der Waals surface area contributed by atoms with Crippen LogP contribution in [0.25, 0.3) is 77.6 Å². The van der Waals surface area contributed by atoms with Crippen molar-refractivity contribution in [2.45, 2.75) is 105 Å². The number of furan rings is 1. The van der Waals surface area contributed by atoms with Crippen molar-refractivity contribution in [1.82, 2.24) is 15.0 Å². The molecule has 0 saturated heterocycles. The number of rotatable bonds is 7. The zero-order valence-corrected chi connectivity index (χ0v) is 43.2. The number of aromatic hydroxyl groups is 1. The molecular formula is C65H64N4O2. The summed E-state index contributed by atoms with van der Waals surface area (Å²) >= 11 is 0. The van der Waals surface area contributed by atoms with Crippen LogP contribution in [0.1, 0.15) is 105 Å². The topological polar surface area (TPSA) is 75.3 Å². The van der Waals surface area contributed by atoms with Crippen LogP contribution < -0.4 is 4.90 Å². The first-order valence-corrected chi connectivity index (χ1v) is 24.8. The Kier molecular flexibility index (Phi) is 11.5. The molecule has 0 atom stereocenters. The summed E-state index contributed by atoms with van der Waals surface area (Å²) in [6, 6.07) is 55.4. The van der Waals surface area contributed by atoms with Gasteiger partial charge >= 0.3 is 0 Å². The lowest BCUT2D eigenvalue weighted by Gasteiger charge is -2.29. The molecule has 0 spiro atoms. The summed E-state index contributed by atoms with van der Waals surface area (Å²) in [7, 11) is 0. The largest absolute Gasteiger partial charge is 0.507 e. The van der Waals surface area contributed by atoms with Gasteiger partial charge in [-0.1, -0.05) is 192 Å². The molecular weight excluding hydrogens is 869 g/mol. The van der Waals surface area contributed by atoms with Gasteiger partial charge in [0.05, 0.1) is 17.1 Å². The van der Waals surface area contributed by atoms with E-state index in [1.165, 1.54) is 11.1 Å². The highest BCUT2D eigenvalue weighted by atomic mass is 16.3. The Bertz CT molecular complexity index is 3610. The van der Waals surface area contributed by atoms with Gasteiger partial charge < -0.3 is 9.52 Å². The Morgan fingerprint density at radius 3 is 1.66 bits per heavy atom. The molecule has 0 saturated carbocycles. The molecule has 10 aromatic rings. The Labute approximate surface area is 419 Å². The van der Waals surface area contributed by atoms with Gasteiger partial charge in [-0.25, -0.2) is 9.97 Å². The molecule has 356 valence electrons. The predicted octanol–water partition coefficient (Wildman–Crippen LogP) is 18.0. The molecule has 0 radical (unpaired) electrons. The maximum absolute atomic E-state index is 12.6. The molecule has 0 bridgehead atoms. The zero-order chi connectivity index (χ0) is 50.2. The highest BCUT2D eigenvalue weighted by molar-refractivity contribution is 6.08. The van der Waals surface area contributed by atoms with Gasteiger partial charge in [-0.2, -0.15) is 0 Å². The van der Waals surface area contributed by atoms with Crippen LogP contribution in [-0.2, 0) is 21.7 Å². The predicted molar refractivity (Wildman–Crippen MR) is 298 cm³/mol. The number of nitrogens with zero attached hydrogens (tertiary/aromatic N) is 4. The van der Waals surface area contributed by atoms with Crippen molar-refractivity contribution < 1.29 is 9.52 Å². The average Bonchev–Trinajstić information content (AvgIpc) is 3.72. The van der Waals surface area contributed by atoms with E-state index in [1.54, 1.807) is 0 Å². The van der Waals surface area contributed by atoms with Crippen LogP contribution in [0.2, 0.25) is 0 Å². The zero-order valence-electron chi connectivity index (χ0n) is 43.2. The SMILES string of the molecule is CC(C)(C)c1cc(-c2cc(-c3cc(C(C)(C)C)cc(C(C)(C)C)c3O)nc(N(c3cc(-c4ccccc4)cc(-c4nccc5c4oc4ccccc45)n3)c3cccc4ccccc34)c2)cc(C(C)(C)C)c1. The van der Waals surface area contributed by atoms with Crippen molar-refractivity contribution in [1.29, 1.82) is 0 Å². The molecule has 0 unspecified atom stereocenters. The summed E-state index contributed by atoms with van der Waals surface area (Å²) in [6.07, 6.45) is 1.84. The summed E-state index contributed by atoms with van der Waals surface area (Å²) in [5.41, 5.74) is 12.7. The Morgan fingerprint density at radius 2 is 1.00 bits per heavy atom. The van der Waals surface area contributed by atoms with E-state index in [4.69, 9.17) is 19.4 Å². The number of para-hydroxylation sites is 1. The smallest absolute Gasteiger partial charge is 0.163 e. The van der Waals surface area contributed by atoms with Crippen LogP contribution in [0, 0.1) is 0 Å². The van der Waals surface area contributed by atoms with Crippen molar-refractivity contribution in [3.8, 4) is 50.6 Å². The number of anilines is 3. The quantitative estimate of drug-likeness (QED) is 0.172. The highest BCUT2D eigenvalue weighted by Crippen LogP contribution is 2.47. The Balaban J connectivity index is 1.34. The second-order valence-electron chi connectivity index (χ2n) is 23.3. The van der Waals surface area contributed by atoms with E-state index in [0.717, 1.165) is 66.2 Å². The molecule has 6 aromatic carbocycles. The molecule has 0 aliphatic rings. The van der Waals surface area contributed by atoms with Gasteiger partial charge in [0.1, 0.15) is 28.7 Å². The van der Waals surface area contributed by atoms with E-state index < -0.39 is 0 Å². The number of aromatic nitrogens is 3. The summed E-state index contributed by atoms with van der Waals surface area (Å²) in [4.78, 5) is 18.6. The number of phenolic OH excluding ortho intramolecular Hbond substituents is 1. The van der Waals surface area contributed by atoms with Crippen molar-refractivity contribution in [2.24, 2.45) is 0 Å². The van der Waals surface area contributed by atoms with Crippen LogP contribution in [0.4, 0.5) is 17.3 Å². The number of hydrogen-bond donors (Lipinski definition) is 1. The Morgan fingerprint density at radius 1 is 0.451 bits per heavy atom. The molecule has 0 aliphatic heterocycles. The van der Waals surface area contributed by atoms with Crippen molar-refractivity contribution in [3.63, 3.8) is 0 Å². The van der Waals surface area contributed by atoms with Gasteiger partial charge in [0.2, 0.25) is 0 Å². The van der Waals surface area contributed by atoms with Crippen LogP contribution >= 0.6 is 0 Å². The number of benzene rings is 6. The second kappa shape index (κ2) is 17.4. The average molecular weight is 933 g/mol. The van der Waals surface area contributed by atoms with Gasteiger partial charge in [0.15, 0.2) is 5.58 Å². The van der Waals surface area contributed by atoms with Crippen LogP contribution in [0.15, 0.2) is 168 Å². The molecule has 0 fully saturated rings. The molecule has 1 N–H and O–H groups in total. The standard InChI is InChI=1S/C65H64N4O2/c1-62(2,3)45-31-42(32-46(37-45)63(4,5)6)44-33-53(51-38-47(64(7,8)9)39-52(60(51)70)65(10,11)12)67-57(36-44)69(55-27-20-24-41-23-16-17-25-48(41)55)58-35-43(40-21-14-13-15-22-40)34-54(68-58)59-61-50(29-30-66-59)49-26-18-19-28-56(49)71-61/h13-39,70H,1-12H3. The number of hydrogen-bond acceptors (Lipinski definition) is 6. The maximum Gasteiger partial charge on any atom is 0.163 e. The van der Waals surface area contributed by atoms with E-state index >= 15 is 0 Å². The van der Waals surface area contributed by atoms with Crippen molar-refractivity contribution >= 4 is 50.0 Å². The van der Waals surface area contributed by atoms with E-state index in [0.29, 0.717) is 39.9 Å². The van der Waals surface area contributed by atoms with Gasteiger partial charge in [0.25, 0.3) is 0 Å². The number of phenols is 1. The minimum Gasteiger partial charge on any atom is -0.507 e. The lowest BCUT2D eigenvalue weighted by Crippen LogP contribution is -2.18. The lowest BCUT2D eigenvalue weighted by molar-refractivity contribution is 0.446. The maximum atomic E-state index is 12.6. The molecule has 71 heavy (non-hydrogen) atoms. The third-order valence-electron chi connectivity index (χ3n) is 13.8. The highest BCUT2D eigenvalue weighted by Gasteiger charge is 2.29. The van der Waals surface area contributed by atoms with E-state index in [1.807, 2.05) is 36.5 Å². The lowest BCUT2D eigenvalue weighted by atomic mass is 9.78. The fourth-order valence-electron chi connectivity index (χ4n) is 9.58. The normalized spacial score (nSPS) is 12.6. The molecule has 0 amide bonds. The summed E-state index contributed by atoms with van der Waals surface area (Å²) in [6.45, 7) is 26.8. The van der Waals surface area contributed by atoms with E-state index in [2.05, 4.69) is 215 Å². The summed E-state index contributed by atoms with van der Waals surface area (Å²) in [5.74, 6) is 1.52. The molecule has 4 aromatic heterocycles. The van der Waals surface area contributed by atoms with Crippen LogP contribution in [0.3, 0.4) is 0 Å². The fraction of sp³-hybridized carbons (Fsp3) is 0.246. The fourth-order valence-corrected chi connectivity index (χ4v) is 9.58. The van der Waals surface area contributed by atoms with Crippen molar-refractivity contribution in [2.75, 3.05) is 4.90 Å². The number of fused-ring (bicyclic) bond motifs is 4. The molecule has 10 rings (SSSR count). The molecule has 4 heterocycles. The number of pyridine rings is 3. The third-order valence-corrected chi connectivity index (χ3v) is 13.8. The first kappa shape index (κ1) is 47.1. The van der Waals surface area contributed by atoms with Gasteiger partial charge in [0, 0.05) is 33.5 Å². The Hall–Kier alpha value is -7.57. The molecule has 6 heteroatoms. The van der Waals surface area contributed by atoms with E-state index in [9.17, 15) is 5.11 Å². The summed E-state index contributed by atoms with van der Waals surface area (Å²) < 4.78 is 6.63. The minimum atomic E-state index is -0.354. The third kappa shape index (κ3) is 9.08. The molecule has 0 aliphatic carbocycles. The van der Waals surface area contributed by atoms with Gasteiger partial charge in [-0.15, -0.1) is 0 Å². The van der Waals surface area contributed by atoms with Crippen LogP contribution in [0.5, 0.6) is 5.75 Å². The van der Waals surface area contributed by atoms with E-state index in [-0.39, 0.29) is 27.4 Å².